The molecule has 0 radical (unpaired) electrons. The lowest BCUT2D eigenvalue weighted by molar-refractivity contribution is 0.234. The van der Waals surface area contributed by atoms with Crippen molar-refractivity contribution < 1.29 is 17.2 Å². The van der Waals surface area contributed by atoms with Crippen LogP contribution >= 0.6 is 0 Å². The number of para-hydroxylation sites is 1. The number of alkyl halides is 2. The number of pyridine rings is 1. The molecular weight excluding hydrogens is 236 g/mol. The van der Waals surface area contributed by atoms with E-state index in [0.717, 1.165) is 6.07 Å². The van der Waals surface area contributed by atoms with Crippen LogP contribution in [-0.2, 0) is 9.84 Å². The van der Waals surface area contributed by atoms with Crippen LogP contribution in [0.2, 0.25) is 0 Å². The number of rotatable bonds is 2. The Labute approximate surface area is 90.7 Å². The minimum absolute atomic E-state index is 0.379. The summed E-state index contributed by atoms with van der Waals surface area (Å²) in [6.45, 7) is 0. The van der Waals surface area contributed by atoms with Gasteiger partial charge in [0.15, 0.2) is 5.03 Å². The molecule has 0 unspecified atom stereocenters. The molecule has 1 heterocycles. The number of hydrogen-bond acceptors (Lipinski definition) is 3. The van der Waals surface area contributed by atoms with Crippen LogP contribution in [0.3, 0.4) is 0 Å². The molecule has 1 aromatic carbocycles. The van der Waals surface area contributed by atoms with Crippen molar-refractivity contribution in [3.8, 4) is 0 Å². The largest absolute Gasteiger partial charge is 0.342 e. The van der Waals surface area contributed by atoms with Gasteiger partial charge < -0.3 is 0 Å². The molecule has 3 nitrogen and oxygen atoms in total. The van der Waals surface area contributed by atoms with Gasteiger partial charge in [0.2, 0.25) is 0 Å². The van der Waals surface area contributed by atoms with E-state index in [9.17, 15) is 17.2 Å². The van der Waals surface area contributed by atoms with Gasteiger partial charge in [-0.15, -0.1) is 0 Å². The topological polar surface area (TPSA) is 47.0 Å². The summed E-state index contributed by atoms with van der Waals surface area (Å²) in [5, 5.41) is 0.108. The SMILES string of the molecule is O=S(=O)(c1ccc2ccccc2n1)C(F)F. The van der Waals surface area contributed by atoms with Gasteiger partial charge in [0, 0.05) is 5.39 Å². The minimum atomic E-state index is -4.61. The van der Waals surface area contributed by atoms with Gasteiger partial charge in [-0.3, -0.25) is 0 Å². The van der Waals surface area contributed by atoms with E-state index in [4.69, 9.17) is 0 Å². The highest BCUT2D eigenvalue weighted by Gasteiger charge is 2.27. The fraction of sp³-hybridized carbons (Fsp3) is 0.100. The summed E-state index contributed by atoms with van der Waals surface area (Å²) >= 11 is 0. The molecule has 0 bridgehead atoms. The highest BCUT2D eigenvalue weighted by molar-refractivity contribution is 7.91. The highest BCUT2D eigenvalue weighted by Crippen LogP contribution is 2.19. The van der Waals surface area contributed by atoms with E-state index < -0.39 is 20.6 Å². The van der Waals surface area contributed by atoms with Crippen molar-refractivity contribution in [2.75, 3.05) is 0 Å². The molecule has 0 saturated heterocycles. The fourth-order valence-corrected chi connectivity index (χ4v) is 1.96. The zero-order valence-electron chi connectivity index (χ0n) is 7.97. The average Bonchev–Trinajstić information content (AvgIpc) is 2.28. The Morgan fingerprint density at radius 1 is 1.06 bits per heavy atom. The lowest BCUT2D eigenvalue weighted by atomic mass is 10.2. The number of sulfone groups is 1. The molecule has 0 aliphatic heterocycles. The van der Waals surface area contributed by atoms with Crippen molar-refractivity contribution in [2.24, 2.45) is 0 Å². The summed E-state index contributed by atoms with van der Waals surface area (Å²) < 4.78 is 46.9. The molecule has 84 valence electrons. The van der Waals surface area contributed by atoms with Crippen LogP contribution in [0.25, 0.3) is 10.9 Å². The molecule has 1 aromatic heterocycles. The molecule has 0 amide bonds. The van der Waals surface area contributed by atoms with E-state index in [-0.39, 0.29) is 0 Å². The Morgan fingerprint density at radius 2 is 1.75 bits per heavy atom. The Morgan fingerprint density at radius 3 is 2.44 bits per heavy atom. The normalized spacial score (nSPS) is 12.2. The van der Waals surface area contributed by atoms with Gasteiger partial charge in [0.1, 0.15) is 0 Å². The van der Waals surface area contributed by atoms with Crippen molar-refractivity contribution >= 4 is 20.7 Å². The molecule has 0 saturated carbocycles. The van der Waals surface area contributed by atoms with Crippen molar-refractivity contribution in [3.63, 3.8) is 0 Å². The van der Waals surface area contributed by atoms with E-state index in [0.29, 0.717) is 10.9 Å². The first-order valence-corrected chi connectivity index (χ1v) is 5.94. The Bertz CT molecular complexity index is 626. The summed E-state index contributed by atoms with van der Waals surface area (Å²) in [5.74, 6) is -3.44. The zero-order valence-corrected chi connectivity index (χ0v) is 8.79. The second-order valence-electron chi connectivity index (χ2n) is 3.15. The molecule has 0 N–H and O–H groups in total. The standard InChI is InChI=1S/C10H7F2NO2S/c11-10(12)16(14,15)9-6-5-7-3-1-2-4-8(7)13-9/h1-6,10H. The zero-order chi connectivity index (χ0) is 11.8. The Hall–Kier alpha value is -1.56. The van der Waals surface area contributed by atoms with E-state index in [1.807, 2.05) is 0 Å². The number of benzene rings is 1. The maximum Gasteiger partial charge on any atom is 0.342 e. The van der Waals surface area contributed by atoms with E-state index in [2.05, 4.69) is 4.98 Å². The predicted octanol–water partition coefficient (Wildman–Crippen LogP) is 2.23. The van der Waals surface area contributed by atoms with Crippen LogP contribution in [0.15, 0.2) is 41.4 Å². The van der Waals surface area contributed by atoms with Gasteiger partial charge in [-0.1, -0.05) is 18.2 Å². The minimum Gasteiger partial charge on any atom is -0.236 e. The van der Waals surface area contributed by atoms with Gasteiger partial charge in [-0.2, -0.15) is 8.78 Å². The summed E-state index contributed by atoms with van der Waals surface area (Å²) in [7, 11) is -4.61. The smallest absolute Gasteiger partial charge is 0.236 e. The van der Waals surface area contributed by atoms with Crippen LogP contribution in [0, 0.1) is 0 Å². The van der Waals surface area contributed by atoms with Crippen LogP contribution in [-0.4, -0.2) is 19.2 Å². The van der Waals surface area contributed by atoms with Crippen LogP contribution in [0.1, 0.15) is 0 Å². The highest BCUT2D eigenvalue weighted by atomic mass is 32.2. The summed E-state index contributed by atoms with van der Waals surface area (Å²) in [5.41, 5.74) is 0.379. The van der Waals surface area contributed by atoms with Gasteiger partial charge in [0.05, 0.1) is 5.52 Å². The molecular formula is C10H7F2NO2S. The van der Waals surface area contributed by atoms with Gasteiger partial charge in [-0.25, -0.2) is 13.4 Å². The van der Waals surface area contributed by atoms with Gasteiger partial charge in [-0.05, 0) is 18.2 Å². The molecule has 6 heteroatoms. The van der Waals surface area contributed by atoms with Crippen molar-refractivity contribution in [2.45, 2.75) is 10.8 Å². The first-order valence-electron chi connectivity index (χ1n) is 4.39. The third kappa shape index (κ3) is 1.76. The molecule has 2 rings (SSSR count). The molecule has 16 heavy (non-hydrogen) atoms. The van der Waals surface area contributed by atoms with E-state index in [1.54, 1.807) is 24.3 Å². The second kappa shape index (κ2) is 3.79. The van der Waals surface area contributed by atoms with Crippen molar-refractivity contribution in [3.05, 3.63) is 36.4 Å². The van der Waals surface area contributed by atoms with Crippen molar-refractivity contribution in [1.82, 2.24) is 4.98 Å². The molecule has 0 fully saturated rings. The fourth-order valence-electron chi connectivity index (χ4n) is 1.30. The third-order valence-electron chi connectivity index (χ3n) is 2.10. The number of aromatic nitrogens is 1. The summed E-state index contributed by atoms with van der Waals surface area (Å²) in [6, 6.07) is 9.25. The van der Waals surface area contributed by atoms with Gasteiger partial charge in [0.25, 0.3) is 9.84 Å². The van der Waals surface area contributed by atoms with Crippen LogP contribution in [0.5, 0.6) is 0 Å². The molecule has 0 aliphatic rings. The van der Waals surface area contributed by atoms with E-state index in [1.165, 1.54) is 6.07 Å². The van der Waals surface area contributed by atoms with Crippen LogP contribution < -0.4 is 0 Å². The van der Waals surface area contributed by atoms with Crippen LogP contribution in [0.4, 0.5) is 8.78 Å². The molecule has 0 aliphatic carbocycles. The van der Waals surface area contributed by atoms with Gasteiger partial charge >= 0.3 is 5.76 Å². The number of hydrogen-bond donors (Lipinski definition) is 0. The average molecular weight is 243 g/mol. The summed E-state index contributed by atoms with van der Waals surface area (Å²) in [4.78, 5) is 3.70. The molecule has 0 spiro atoms. The Balaban J connectivity index is 2.65. The Kier molecular flexibility index (Phi) is 2.59. The predicted molar refractivity (Wildman–Crippen MR) is 54.9 cm³/mol. The maximum atomic E-state index is 12.3. The first-order chi connectivity index (χ1) is 7.51. The molecule has 0 atom stereocenters. The monoisotopic (exact) mass is 243 g/mol. The lowest BCUT2D eigenvalue weighted by Crippen LogP contribution is -2.12. The second-order valence-corrected chi connectivity index (χ2v) is 5.01. The number of halogens is 2. The number of fused-ring (bicyclic) bond motifs is 1. The first kappa shape index (κ1) is 10.9. The lowest BCUT2D eigenvalue weighted by Gasteiger charge is -2.03. The number of nitrogens with zero attached hydrogens (tertiary/aromatic N) is 1. The maximum absolute atomic E-state index is 12.3. The summed E-state index contributed by atoms with van der Waals surface area (Å²) in [6.07, 6.45) is 0. The molecule has 2 aromatic rings. The third-order valence-corrected chi connectivity index (χ3v) is 3.38. The van der Waals surface area contributed by atoms with E-state index >= 15 is 0 Å². The van der Waals surface area contributed by atoms with Crippen molar-refractivity contribution in [1.29, 1.82) is 0 Å². The quantitative estimate of drug-likeness (QED) is 0.812.